The summed E-state index contributed by atoms with van der Waals surface area (Å²) in [5.41, 5.74) is 11.8. The molecule has 4 nitrogen and oxygen atoms in total. The van der Waals surface area contributed by atoms with Crippen LogP contribution in [0.5, 0.6) is 0 Å². The Kier molecular flexibility index (Phi) is 7.20. The van der Waals surface area contributed by atoms with Gasteiger partial charge in [0, 0.05) is 49.6 Å². The second kappa shape index (κ2) is 12.9. The van der Waals surface area contributed by atoms with Gasteiger partial charge in [-0.05, 0) is 76.1 Å². The molecule has 0 fully saturated rings. The Morgan fingerprint density at radius 1 is 0.310 bits per heavy atom. The molecule has 3 heterocycles. The fourth-order valence-corrected chi connectivity index (χ4v) is 9.08. The van der Waals surface area contributed by atoms with Crippen molar-refractivity contribution < 1.29 is 0 Å². The summed E-state index contributed by atoms with van der Waals surface area (Å²) in [5.74, 6) is 0.702. The number of hydrogen-bond acceptors (Lipinski definition) is 2. The lowest BCUT2D eigenvalue weighted by molar-refractivity contribution is 1.17. The van der Waals surface area contributed by atoms with Crippen LogP contribution >= 0.6 is 0 Å². The lowest BCUT2D eigenvalue weighted by Crippen LogP contribution is -1.99. The molecule has 0 unspecified atom stereocenters. The van der Waals surface area contributed by atoms with Crippen molar-refractivity contribution in [3.63, 3.8) is 0 Å². The van der Waals surface area contributed by atoms with Gasteiger partial charge in [-0.2, -0.15) is 0 Å². The van der Waals surface area contributed by atoms with E-state index in [1.54, 1.807) is 0 Å². The maximum atomic E-state index is 5.30. The molecule has 0 atom stereocenters. The monoisotopic (exact) mass is 738 g/mol. The van der Waals surface area contributed by atoms with Crippen molar-refractivity contribution in [1.29, 1.82) is 0 Å². The minimum Gasteiger partial charge on any atom is -0.309 e. The van der Waals surface area contributed by atoms with Gasteiger partial charge in [0.2, 0.25) is 0 Å². The Balaban J connectivity index is 1.14. The van der Waals surface area contributed by atoms with E-state index < -0.39 is 0 Å². The van der Waals surface area contributed by atoms with Crippen molar-refractivity contribution in [3.05, 3.63) is 206 Å². The highest BCUT2D eigenvalue weighted by atomic mass is 15.0. The number of fused-ring (bicyclic) bond motifs is 9. The summed E-state index contributed by atoms with van der Waals surface area (Å²) in [6.45, 7) is 0. The molecular weight excluding hydrogens is 705 g/mol. The average molecular weight is 739 g/mol. The first-order valence-corrected chi connectivity index (χ1v) is 19.7. The van der Waals surface area contributed by atoms with Crippen LogP contribution in [0.2, 0.25) is 0 Å². The van der Waals surface area contributed by atoms with Gasteiger partial charge in [0.1, 0.15) is 0 Å². The van der Waals surface area contributed by atoms with Crippen LogP contribution in [0.25, 0.3) is 110 Å². The van der Waals surface area contributed by atoms with Crippen LogP contribution in [0.3, 0.4) is 0 Å². The molecule has 4 heteroatoms. The zero-order valence-corrected chi connectivity index (χ0v) is 31.4. The number of rotatable bonds is 5. The topological polar surface area (TPSA) is 35.6 Å². The minimum absolute atomic E-state index is 0.702. The van der Waals surface area contributed by atoms with Gasteiger partial charge in [-0.1, -0.05) is 152 Å². The van der Waals surface area contributed by atoms with Gasteiger partial charge in [-0.25, -0.2) is 9.97 Å². The zero-order valence-electron chi connectivity index (χ0n) is 31.4. The van der Waals surface area contributed by atoms with E-state index in [9.17, 15) is 0 Å². The molecule has 0 aliphatic rings. The first kappa shape index (κ1) is 32.4. The maximum Gasteiger partial charge on any atom is 0.160 e. The highest BCUT2D eigenvalue weighted by molar-refractivity contribution is 6.29. The van der Waals surface area contributed by atoms with Gasteiger partial charge in [0.05, 0.1) is 33.5 Å². The largest absolute Gasteiger partial charge is 0.309 e. The predicted octanol–water partition coefficient (Wildman–Crippen LogP) is 14.0. The van der Waals surface area contributed by atoms with Gasteiger partial charge in [-0.3, -0.25) is 0 Å². The van der Waals surface area contributed by atoms with Crippen molar-refractivity contribution in [3.8, 4) is 45.3 Å². The van der Waals surface area contributed by atoms with E-state index in [2.05, 4.69) is 191 Å². The molecule has 0 radical (unpaired) electrons. The molecule has 0 saturated carbocycles. The molecule has 0 spiro atoms. The molecule has 12 aromatic rings. The average Bonchev–Trinajstić information content (AvgIpc) is 3.82. The standard InChI is InChI=1S/C54H34N4/c1-3-16-36(17-4-1)46-34-47(56-54(55-46)37-18-5-2-6-19-37)45-33-41(32-39-21-9-10-22-42(39)45)58-49-26-14-12-24-44(49)53-51(58)30-29-50-52(53)43-23-11-13-25-48(43)57(50)40-28-27-35-15-7-8-20-38(35)31-40/h1-34H. The van der Waals surface area contributed by atoms with Crippen LogP contribution in [0.15, 0.2) is 206 Å². The van der Waals surface area contributed by atoms with Gasteiger partial charge >= 0.3 is 0 Å². The highest BCUT2D eigenvalue weighted by Gasteiger charge is 2.22. The van der Waals surface area contributed by atoms with Crippen LogP contribution in [0.1, 0.15) is 0 Å². The van der Waals surface area contributed by atoms with E-state index in [4.69, 9.17) is 9.97 Å². The van der Waals surface area contributed by atoms with Crippen molar-refractivity contribution in [2.75, 3.05) is 0 Å². The summed E-state index contributed by atoms with van der Waals surface area (Å²) in [7, 11) is 0. The fourth-order valence-electron chi connectivity index (χ4n) is 9.08. The Labute approximate surface area is 334 Å². The number of nitrogens with zero attached hydrogens (tertiary/aromatic N) is 4. The Bertz CT molecular complexity index is 3500. The van der Waals surface area contributed by atoms with Crippen LogP contribution in [-0.4, -0.2) is 19.1 Å². The van der Waals surface area contributed by atoms with Crippen LogP contribution in [0.4, 0.5) is 0 Å². The second-order valence-electron chi connectivity index (χ2n) is 15.0. The van der Waals surface area contributed by atoms with Crippen molar-refractivity contribution >= 4 is 65.2 Å². The SMILES string of the molecule is c1ccc(-c2cc(-c3cc(-n4c5ccccc5c5c6c7ccccc7n(-c7ccc8ccccc8c7)c6ccc54)cc4ccccc34)nc(-c3ccccc3)n2)cc1. The van der Waals surface area contributed by atoms with Crippen LogP contribution in [0, 0.1) is 0 Å². The molecule has 58 heavy (non-hydrogen) atoms. The van der Waals surface area contributed by atoms with Crippen molar-refractivity contribution in [2.24, 2.45) is 0 Å². The van der Waals surface area contributed by atoms with E-state index in [-0.39, 0.29) is 0 Å². The molecule has 0 aliphatic carbocycles. The summed E-state index contributed by atoms with van der Waals surface area (Å²) in [6, 6.07) is 73.8. The normalized spacial score (nSPS) is 11.8. The quantitative estimate of drug-likeness (QED) is 0.176. The number of hydrogen-bond donors (Lipinski definition) is 0. The third kappa shape index (κ3) is 5.02. The second-order valence-corrected chi connectivity index (χ2v) is 15.0. The molecule has 0 aliphatic heterocycles. The molecule has 0 amide bonds. The van der Waals surface area contributed by atoms with E-state index in [0.29, 0.717) is 5.82 Å². The highest BCUT2D eigenvalue weighted by Crippen LogP contribution is 2.44. The maximum absolute atomic E-state index is 5.30. The number of aromatic nitrogens is 4. The van der Waals surface area contributed by atoms with Crippen LogP contribution in [-0.2, 0) is 0 Å². The third-order valence-corrected chi connectivity index (χ3v) is 11.7. The molecule has 0 N–H and O–H groups in total. The predicted molar refractivity (Wildman–Crippen MR) is 242 cm³/mol. The summed E-state index contributed by atoms with van der Waals surface area (Å²) in [6.07, 6.45) is 0. The summed E-state index contributed by atoms with van der Waals surface area (Å²) >= 11 is 0. The third-order valence-electron chi connectivity index (χ3n) is 11.7. The summed E-state index contributed by atoms with van der Waals surface area (Å²) < 4.78 is 4.88. The zero-order chi connectivity index (χ0) is 38.2. The van der Waals surface area contributed by atoms with E-state index in [1.807, 2.05) is 24.3 Å². The van der Waals surface area contributed by atoms with Gasteiger partial charge in [0.15, 0.2) is 5.82 Å². The van der Waals surface area contributed by atoms with Gasteiger partial charge in [-0.15, -0.1) is 0 Å². The molecule has 270 valence electrons. The molecule has 9 aromatic carbocycles. The molecule has 12 rings (SSSR count). The molecule has 0 bridgehead atoms. The Morgan fingerprint density at radius 2 is 0.828 bits per heavy atom. The first-order valence-electron chi connectivity index (χ1n) is 19.7. The molecular formula is C54H34N4. The van der Waals surface area contributed by atoms with Crippen LogP contribution < -0.4 is 0 Å². The number of benzene rings is 9. The van der Waals surface area contributed by atoms with E-state index >= 15 is 0 Å². The van der Waals surface area contributed by atoms with E-state index in [0.717, 1.165) is 61.3 Å². The lowest BCUT2D eigenvalue weighted by atomic mass is 9.99. The summed E-state index contributed by atoms with van der Waals surface area (Å²) in [5, 5.41) is 9.72. The molecule has 3 aromatic heterocycles. The minimum atomic E-state index is 0.702. The van der Waals surface area contributed by atoms with Gasteiger partial charge < -0.3 is 9.13 Å². The Hall–Kier alpha value is -7.82. The van der Waals surface area contributed by atoms with Crippen molar-refractivity contribution in [1.82, 2.24) is 19.1 Å². The molecule has 0 saturated heterocycles. The lowest BCUT2D eigenvalue weighted by Gasteiger charge is -2.15. The van der Waals surface area contributed by atoms with E-state index in [1.165, 1.54) is 43.4 Å². The Morgan fingerprint density at radius 3 is 1.52 bits per heavy atom. The van der Waals surface area contributed by atoms with Gasteiger partial charge in [0.25, 0.3) is 0 Å². The number of para-hydroxylation sites is 2. The first-order chi connectivity index (χ1) is 28.8. The fraction of sp³-hybridized carbons (Fsp3) is 0. The summed E-state index contributed by atoms with van der Waals surface area (Å²) in [4.78, 5) is 10.4. The smallest absolute Gasteiger partial charge is 0.160 e. The van der Waals surface area contributed by atoms with Crippen molar-refractivity contribution in [2.45, 2.75) is 0 Å².